The fourth-order valence-electron chi connectivity index (χ4n) is 0.622. The van der Waals surface area contributed by atoms with Crippen molar-refractivity contribution in [2.45, 2.75) is 0 Å². The molecule has 0 saturated carbocycles. The van der Waals surface area contributed by atoms with Crippen molar-refractivity contribution < 1.29 is 14.3 Å². The minimum atomic E-state index is -1.11. The Bertz CT molecular complexity index is 262. The minimum absolute atomic E-state index is 0. The van der Waals surface area contributed by atoms with Crippen molar-refractivity contribution in [3.05, 3.63) is 35.6 Å². The van der Waals surface area contributed by atoms with Crippen molar-refractivity contribution in [3.63, 3.8) is 0 Å². The number of halogens is 1. The van der Waals surface area contributed by atoms with E-state index in [1.165, 1.54) is 18.2 Å². The van der Waals surface area contributed by atoms with Crippen LogP contribution in [0.1, 0.15) is 10.4 Å². The van der Waals surface area contributed by atoms with Crippen LogP contribution in [0, 0.1) is 5.82 Å². The van der Waals surface area contributed by atoms with Gasteiger partial charge in [-0.3, -0.25) is 0 Å². The van der Waals surface area contributed by atoms with Crippen LogP contribution in [0.2, 0.25) is 0 Å². The fourth-order valence-corrected chi connectivity index (χ4v) is 0.622. The molecular formula is C7H5FNaO2. The molecular weight excluding hydrogens is 158 g/mol. The predicted octanol–water partition coefficient (Wildman–Crippen LogP) is 1.14. The zero-order chi connectivity index (χ0) is 7.56. The van der Waals surface area contributed by atoms with Gasteiger partial charge in [-0.25, -0.2) is 9.18 Å². The molecule has 0 aliphatic rings. The molecule has 11 heavy (non-hydrogen) atoms. The molecule has 1 radical (unpaired) electrons. The van der Waals surface area contributed by atoms with E-state index in [1.54, 1.807) is 0 Å². The summed E-state index contributed by atoms with van der Waals surface area (Å²) in [7, 11) is 0. The van der Waals surface area contributed by atoms with Gasteiger partial charge in [0.25, 0.3) is 0 Å². The maximum Gasteiger partial charge on any atom is 0.335 e. The van der Waals surface area contributed by atoms with Crippen molar-refractivity contribution in [2.75, 3.05) is 0 Å². The van der Waals surface area contributed by atoms with Gasteiger partial charge >= 0.3 is 5.97 Å². The summed E-state index contributed by atoms with van der Waals surface area (Å²) in [6.07, 6.45) is 0. The van der Waals surface area contributed by atoms with E-state index in [4.69, 9.17) is 5.11 Å². The van der Waals surface area contributed by atoms with E-state index in [-0.39, 0.29) is 35.1 Å². The number of carbonyl (C=O) groups is 1. The monoisotopic (exact) mass is 163 g/mol. The fraction of sp³-hybridized carbons (Fsp3) is 0. The Labute approximate surface area is 85.3 Å². The molecule has 0 aliphatic carbocycles. The van der Waals surface area contributed by atoms with Gasteiger partial charge in [0.2, 0.25) is 0 Å². The van der Waals surface area contributed by atoms with Gasteiger partial charge in [0.1, 0.15) is 5.82 Å². The molecule has 0 saturated heterocycles. The van der Waals surface area contributed by atoms with Crippen LogP contribution < -0.4 is 0 Å². The van der Waals surface area contributed by atoms with Gasteiger partial charge < -0.3 is 5.11 Å². The van der Waals surface area contributed by atoms with E-state index in [2.05, 4.69) is 0 Å². The second-order valence-corrected chi connectivity index (χ2v) is 1.82. The quantitative estimate of drug-likeness (QED) is 0.630. The minimum Gasteiger partial charge on any atom is -0.478 e. The summed E-state index contributed by atoms with van der Waals surface area (Å²) < 4.78 is 12.3. The molecule has 0 amide bonds. The average molecular weight is 163 g/mol. The first-order valence-corrected chi connectivity index (χ1v) is 2.69. The summed E-state index contributed by atoms with van der Waals surface area (Å²) in [5.74, 6) is -1.64. The molecule has 2 nitrogen and oxygen atoms in total. The predicted molar refractivity (Wildman–Crippen MR) is 39.1 cm³/mol. The second kappa shape index (κ2) is 4.49. The molecule has 1 N–H and O–H groups in total. The van der Waals surface area contributed by atoms with Crippen LogP contribution in [0.15, 0.2) is 24.3 Å². The van der Waals surface area contributed by atoms with E-state index < -0.39 is 11.8 Å². The zero-order valence-corrected chi connectivity index (χ0v) is 8.04. The summed E-state index contributed by atoms with van der Waals surface area (Å²) in [6, 6.07) is 4.87. The van der Waals surface area contributed by atoms with Crippen molar-refractivity contribution in [1.82, 2.24) is 0 Å². The largest absolute Gasteiger partial charge is 0.478 e. The van der Waals surface area contributed by atoms with Gasteiger partial charge in [-0.15, -0.1) is 0 Å². The van der Waals surface area contributed by atoms with E-state index in [1.807, 2.05) is 0 Å². The van der Waals surface area contributed by atoms with Gasteiger partial charge in [0.15, 0.2) is 0 Å². The number of aromatic carboxylic acids is 1. The molecule has 4 heteroatoms. The SMILES string of the molecule is O=C(O)c1cccc(F)c1.[Na]. The van der Waals surface area contributed by atoms with Crippen molar-refractivity contribution in [3.8, 4) is 0 Å². The standard InChI is InChI=1S/C7H5FO2.Na/c8-6-3-1-2-5(4-6)7(9)10;/h1-4H,(H,9,10);. The van der Waals surface area contributed by atoms with Crippen LogP contribution in [-0.4, -0.2) is 40.6 Å². The Morgan fingerprint density at radius 2 is 2.09 bits per heavy atom. The molecule has 0 unspecified atom stereocenters. The summed E-state index contributed by atoms with van der Waals surface area (Å²) in [5.41, 5.74) is -0.0278. The third-order valence-electron chi connectivity index (χ3n) is 1.07. The molecule has 1 rings (SSSR count). The summed E-state index contributed by atoms with van der Waals surface area (Å²) in [4.78, 5) is 10.2. The Kier molecular flexibility index (Phi) is 4.33. The second-order valence-electron chi connectivity index (χ2n) is 1.82. The summed E-state index contributed by atoms with van der Waals surface area (Å²) >= 11 is 0. The van der Waals surface area contributed by atoms with Gasteiger partial charge in [0.05, 0.1) is 5.56 Å². The molecule has 0 atom stereocenters. The molecule has 1 aromatic carbocycles. The third-order valence-corrected chi connectivity index (χ3v) is 1.07. The van der Waals surface area contributed by atoms with Crippen molar-refractivity contribution in [1.29, 1.82) is 0 Å². The average Bonchev–Trinajstić information content (AvgIpc) is 1.88. The first-order valence-electron chi connectivity index (χ1n) is 2.69. The Morgan fingerprint density at radius 3 is 2.45 bits per heavy atom. The van der Waals surface area contributed by atoms with Gasteiger partial charge in [-0.05, 0) is 18.2 Å². The molecule has 53 valence electrons. The van der Waals surface area contributed by atoms with E-state index >= 15 is 0 Å². The topological polar surface area (TPSA) is 37.3 Å². The molecule has 0 spiro atoms. The number of hydrogen-bond acceptors (Lipinski definition) is 1. The Hall–Kier alpha value is -0.380. The number of hydrogen-bond donors (Lipinski definition) is 1. The molecule has 0 heterocycles. The number of rotatable bonds is 1. The van der Waals surface area contributed by atoms with Gasteiger partial charge in [-0.1, -0.05) is 6.07 Å². The zero-order valence-electron chi connectivity index (χ0n) is 6.04. The van der Waals surface area contributed by atoms with Crippen molar-refractivity contribution in [2.24, 2.45) is 0 Å². The number of carboxylic acids is 1. The van der Waals surface area contributed by atoms with E-state index in [0.717, 1.165) is 6.07 Å². The van der Waals surface area contributed by atoms with Crippen molar-refractivity contribution >= 4 is 35.5 Å². The Morgan fingerprint density at radius 1 is 1.45 bits per heavy atom. The van der Waals surface area contributed by atoms with Crippen LogP contribution in [-0.2, 0) is 0 Å². The molecule has 0 fully saturated rings. The first-order chi connectivity index (χ1) is 4.70. The summed E-state index contributed by atoms with van der Waals surface area (Å²) in [6.45, 7) is 0. The number of benzene rings is 1. The van der Waals surface area contributed by atoms with Crippen LogP contribution in [0.3, 0.4) is 0 Å². The Balaban J connectivity index is 0.000001000. The van der Waals surface area contributed by atoms with Crippen LogP contribution in [0.5, 0.6) is 0 Å². The van der Waals surface area contributed by atoms with Gasteiger partial charge in [0, 0.05) is 29.6 Å². The van der Waals surface area contributed by atoms with Crippen LogP contribution in [0.25, 0.3) is 0 Å². The summed E-state index contributed by atoms with van der Waals surface area (Å²) in [5, 5.41) is 8.34. The van der Waals surface area contributed by atoms with E-state index in [0.29, 0.717) is 0 Å². The van der Waals surface area contributed by atoms with Gasteiger partial charge in [-0.2, -0.15) is 0 Å². The molecule has 0 bridgehead atoms. The van der Waals surface area contributed by atoms with Crippen LogP contribution in [0.4, 0.5) is 4.39 Å². The van der Waals surface area contributed by atoms with E-state index in [9.17, 15) is 9.18 Å². The smallest absolute Gasteiger partial charge is 0.335 e. The number of carboxylic acid groups (broad SMARTS) is 1. The first kappa shape index (κ1) is 10.6. The third kappa shape index (κ3) is 3.01. The molecule has 0 aliphatic heterocycles. The maximum absolute atomic E-state index is 12.3. The molecule has 0 aromatic heterocycles. The maximum atomic E-state index is 12.3. The van der Waals surface area contributed by atoms with Crippen LogP contribution >= 0.6 is 0 Å². The molecule has 1 aromatic rings. The normalized spacial score (nSPS) is 8.45.